The van der Waals surface area contributed by atoms with Crippen molar-refractivity contribution in [3.05, 3.63) is 48.2 Å². The summed E-state index contributed by atoms with van der Waals surface area (Å²) in [5.41, 5.74) is 1.15. The van der Waals surface area contributed by atoms with Gasteiger partial charge in [-0.15, -0.1) is 0 Å². The molecule has 0 aliphatic carbocycles. The molecule has 10 heteroatoms. The number of hydrogen-bond donors (Lipinski definition) is 2. The first kappa shape index (κ1) is 20.2. The number of esters is 1. The van der Waals surface area contributed by atoms with Crippen molar-refractivity contribution < 1.29 is 36.7 Å². The van der Waals surface area contributed by atoms with Crippen LogP contribution in [0.15, 0.2) is 47.1 Å². The molecule has 152 valence electrons. The van der Waals surface area contributed by atoms with Crippen LogP contribution in [0.2, 0.25) is 0 Å². The second kappa shape index (κ2) is 8.21. The zero-order chi connectivity index (χ0) is 21.0. The molecule has 0 radical (unpaired) electrons. The van der Waals surface area contributed by atoms with Crippen molar-refractivity contribution in [3.8, 4) is 0 Å². The van der Waals surface area contributed by atoms with Crippen molar-refractivity contribution in [1.82, 2.24) is 10.6 Å². The minimum atomic E-state index is -4.61. The largest absolute Gasteiger partial charge is 0.464 e. The first-order valence-corrected chi connectivity index (χ1v) is 8.41. The molecule has 1 heterocycles. The van der Waals surface area contributed by atoms with Crippen molar-refractivity contribution in [2.24, 2.45) is 0 Å². The van der Waals surface area contributed by atoms with Crippen LogP contribution < -0.4 is 10.6 Å². The molecule has 3 aromatic rings. The van der Waals surface area contributed by atoms with Gasteiger partial charge >= 0.3 is 18.2 Å². The lowest BCUT2D eigenvalue weighted by molar-refractivity contribution is -0.147. The molecule has 3 amide bonds. The lowest BCUT2D eigenvalue weighted by atomic mass is 10.0. The Kier molecular flexibility index (Phi) is 5.71. The van der Waals surface area contributed by atoms with Crippen molar-refractivity contribution in [1.29, 1.82) is 0 Å². The van der Waals surface area contributed by atoms with Gasteiger partial charge in [-0.3, -0.25) is 14.9 Å². The van der Waals surface area contributed by atoms with Crippen molar-refractivity contribution >= 4 is 39.6 Å². The van der Waals surface area contributed by atoms with E-state index in [0.717, 1.165) is 16.2 Å². The Balaban J connectivity index is 1.57. The summed E-state index contributed by atoms with van der Waals surface area (Å²) < 4.78 is 46.2. The number of nitrogens with one attached hydrogen (secondary N) is 2. The molecular weight excluding hydrogens is 393 g/mol. The van der Waals surface area contributed by atoms with Gasteiger partial charge in [0.2, 0.25) is 0 Å². The molecular formula is C19H15F3N2O5. The molecule has 1 aromatic heterocycles. The van der Waals surface area contributed by atoms with Crippen LogP contribution in [0.1, 0.15) is 5.56 Å². The molecule has 2 aromatic carbocycles. The predicted molar refractivity (Wildman–Crippen MR) is 96.0 cm³/mol. The van der Waals surface area contributed by atoms with E-state index in [4.69, 9.17) is 9.15 Å². The lowest BCUT2D eigenvalue weighted by Gasteiger charge is -2.09. The van der Waals surface area contributed by atoms with Gasteiger partial charge in [0.1, 0.15) is 12.1 Å². The number of ether oxygens (including phenoxy) is 1. The van der Waals surface area contributed by atoms with Gasteiger partial charge in [0.15, 0.2) is 6.61 Å². The molecule has 0 bridgehead atoms. The van der Waals surface area contributed by atoms with E-state index in [2.05, 4.69) is 0 Å². The third-order valence-corrected chi connectivity index (χ3v) is 3.94. The molecule has 0 fully saturated rings. The summed E-state index contributed by atoms with van der Waals surface area (Å²) in [7, 11) is 0. The number of amides is 3. The van der Waals surface area contributed by atoms with Crippen molar-refractivity contribution in [2.45, 2.75) is 12.6 Å². The Labute approximate surface area is 161 Å². The van der Waals surface area contributed by atoms with Gasteiger partial charge in [-0.25, -0.2) is 4.79 Å². The van der Waals surface area contributed by atoms with Gasteiger partial charge in [0.05, 0.1) is 12.7 Å². The first-order chi connectivity index (χ1) is 13.7. The number of imide groups is 1. The Morgan fingerprint density at radius 3 is 2.59 bits per heavy atom. The van der Waals surface area contributed by atoms with Crippen LogP contribution in [-0.4, -0.2) is 37.2 Å². The average molecular weight is 408 g/mol. The summed E-state index contributed by atoms with van der Waals surface area (Å²) in [6.07, 6.45) is -3.37. The maximum Gasteiger partial charge on any atom is 0.405 e. The number of benzene rings is 2. The summed E-state index contributed by atoms with van der Waals surface area (Å²) in [5, 5.41) is 5.70. The van der Waals surface area contributed by atoms with E-state index in [-0.39, 0.29) is 6.42 Å². The molecule has 0 spiro atoms. The summed E-state index contributed by atoms with van der Waals surface area (Å²) in [6, 6.07) is 9.86. The lowest BCUT2D eigenvalue weighted by Crippen LogP contribution is -2.44. The fraction of sp³-hybridized carbons (Fsp3) is 0.211. The summed E-state index contributed by atoms with van der Waals surface area (Å²) in [5.74, 6) is -1.81. The fourth-order valence-corrected chi connectivity index (χ4v) is 2.74. The predicted octanol–water partition coefficient (Wildman–Crippen LogP) is 3.06. The number of furan rings is 1. The van der Waals surface area contributed by atoms with Crippen LogP contribution in [0.25, 0.3) is 21.7 Å². The Morgan fingerprint density at radius 1 is 1.07 bits per heavy atom. The summed E-state index contributed by atoms with van der Waals surface area (Å²) in [4.78, 5) is 34.7. The second-order valence-corrected chi connectivity index (χ2v) is 6.10. The zero-order valence-electron chi connectivity index (χ0n) is 14.8. The minimum absolute atomic E-state index is 0.186. The Morgan fingerprint density at radius 2 is 1.83 bits per heavy atom. The number of urea groups is 1. The maximum absolute atomic E-state index is 12.0. The SMILES string of the molecule is O=C(COC(=O)Cc1coc2ccc3ccccc3c12)NC(=O)NCC(F)(F)F. The van der Waals surface area contributed by atoms with Gasteiger partial charge in [-0.2, -0.15) is 13.2 Å². The molecule has 0 unspecified atom stereocenters. The molecule has 29 heavy (non-hydrogen) atoms. The van der Waals surface area contributed by atoms with Gasteiger partial charge in [-0.05, 0) is 16.8 Å². The molecule has 3 rings (SSSR count). The highest BCUT2D eigenvalue weighted by atomic mass is 19.4. The smallest absolute Gasteiger partial charge is 0.405 e. The van der Waals surface area contributed by atoms with E-state index in [1.165, 1.54) is 11.6 Å². The number of rotatable bonds is 5. The van der Waals surface area contributed by atoms with Crippen LogP contribution in [0.3, 0.4) is 0 Å². The maximum atomic E-state index is 12.0. The third-order valence-electron chi connectivity index (χ3n) is 3.94. The van der Waals surface area contributed by atoms with E-state index >= 15 is 0 Å². The Hall–Kier alpha value is -3.56. The van der Waals surface area contributed by atoms with Gasteiger partial charge in [0.25, 0.3) is 5.91 Å². The number of fused-ring (bicyclic) bond motifs is 3. The minimum Gasteiger partial charge on any atom is -0.464 e. The second-order valence-electron chi connectivity index (χ2n) is 6.10. The molecule has 0 atom stereocenters. The molecule has 2 N–H and O–H groups in total. The zero-order valence-corrected chi connectivity index (χ0v) is 14.8. The van der Waals surface area contributed by atoms with Crippen molar-refractivity contribution in [2.75, 3.05) is 13.2 Å². The van der Waals surface area contributed by atoms with E-state index < -0.39 is 37.2 Å². The van der Waals surface area contributed by atoms with Gasteiger partial charge < -0.3 is 14.5 Å². The third kappa shape index (κ3) is 5.24. The van der Waals surface area contributed by atoms with E-state index in [0.29, 0.717) is 11.1 Å². The molecule has 7 nitrogen and oxygen atoms in total. The number of alkyl halides is 3. The highest BCUT2D eigenvalue weighted by molar-refractivity contribution is 6.08. The Bertz CT molecular complexity index is 1070. The number of hydrogen-bond acceptors (Lipinski definition) is 5. The first-order valence-electron chi connectivity index (χ1n) is 8.41. The van der Waals surface area contributed by atoms with Crippen LogP contribution in [0.4, 0.5) is 18.0 Å². The number of halogens is 3. The standard InChI is InChI=1S/C19H15F3N2O5/c20-19(21,22)10-23-18(27)24-15(25)9-29-16(26)7-12-8-28-14-6-5-11-3-1-2-4-13(11)17(12)14/h1-6,8H,7,9-10H2,(H2,23,24,25,27). The van der Waals surface area contributed by atoms with Crippen molar-refractivity contribution in [3.63, 3.8) is 0 Å². The molecule has 0 saturated carbocycles. The number of carbonyl (C=O) groups is 3. The molecule has 0 saturated heterocycles. The summed E-state index contributed by atoms with van der Waals surface area (Å²) in [6.45, 7) is -2.40. The summed E-state index contributed by atoms with van der Waals surface area (Å²) >= 11 is 0. The van der Waals surface area contributed by atoms with E-state index in [9.17, 15) is 27.6 Å². The fourth-order valence-electron chi connectivity index (χ4n) is 2.74. The normalized spacial score (nSPS) is 11.4. The van der Waals surface area contributed by atoms with Crippen LogP contribution in [-0.2, 0) is 20.7 Å². The quantitative estimate of drug-likeness (QED) is 0.633. The topological polar surface area (TPSA) is 97.6 Å². The van der Waals surface area contributed by atoms with Crippen LogP contribution >= 0.6 is 0 Å². The highest BCUT2D eigenvalue weighted by Crippen LogP contribution is 2.30. The van der Waals surface area contributed by atoms with Crippen LogP contribution in [0, 0.1) is 0 Å². The van der Waals surface area contributed by atoms with Gasteiger partial charge in [0, 0.05) is 10.9 Å². The average Bonchev–Trinajstić information content (AvgIpc) is 3.07. The van der Waals surface area contributed by atoms with E-state index in [1.54, 1.807) is 11.4 Å². The van der Waals surface area contributed by atoms with Crippen LogP contribution in [0.5, 0.6) is 0 Å². The monoisotopic (exact) mass is 408 g/mol. The molecule has 0 aliphatic heterocycles. The van der Waals surface area contributed by atoms with E-state index in [1.807, 2.05) is 30.3 Å². The highest BCUT2D eigenvalue weighted by Gasteiger charge is 2.28. The number of carbonyl (C=O) groups excluding carboxylic acids is 3. The van der Waals surface area contributed by atoms with Gasteiger partial charge in [-0.1, -0.05) is 30.3 Å². The molecule has 0 aliphatic rings.